The maximum absolute atomic E-state index is 11.6. The zero-order chi connectivity index (χ0) is 14.1. The van der Waals surface area contributed by atoms with E-state index in [1.54, 1.807) is 24.3 Å². The van der Waals surface area contributed by atoms with E-state index in [1.165, 1.54) is 13.3 Å². The molecule has 5 nitrogen and oxygen atoms in total. The number of carbonyl (C=O) groups excluding carboxylic acids is 1. The largest absolute Gasteiger partial charge is 0.383 e. The lowest BCUT2D eigenvalue weighted by atomic mass is 10.3. The second kappa shape index (κ2) is 8.14. The highest BCUT2D eigenvalue weighted by atomic mass is 35.5. The first-order chi connectivity index (χ1) is 9.19. The van der Waals surface area contributed by atoms with Gasteiger partial charge in [0, 0.05) is 19.9 Å². The Bertz CT molecular complexity index is 509. The fourth-order valence-corrected chi connectivity index (χ4v) is 1.43. The number of carbonyl (C=O) groups is 1. The molecule has 100 valence electrons. The van der Waals surface area contributed by atoms with Crippen LogP contribution in [0.3, 0.4) is 0 Å². The Labute approximate surface area is 116 Å². The number of amides is 1. The van der Waals surface area contributed by atoms with Crippen molar-refractivity contribution < 1.29 is 9.53 Å². The number of halogens is 1. The summed E-state index contributed by atoms with van der Waals surface area (Å²) in [6.45, 7) is 0.739. The highest BCUT2D eigenvalue weighted by Gasteiger charge is 2.08. The van der Waals surface area contributed by atoms with Gasteiger partial charge < -0.3 is 15.4 Å². The first-order valence-corrected chi connectivity index (χ1v) is 5.95. The van der Waals surface area contributed by atoms with Crippen molar-refractivity contribution in [2.45, 2.75) is 0 Å². The van der Waals surface area contributed by atoms with Crippen LogP contribution in [-0.4, -0.2) is 26.2 Å². The molecule has 0 heterocycles. The molecule has 0 saturated carbocycles. The highest BCUT2D eigenvalue weighted by molar-refractivity contribution is 6.33. The van der Waals surface area contributed by atoms with E-state index in [0.29, 0.717) is 23.9 Å². The van der Waals surface area contributed by atoms with E-state index < -0.39 is 5.91 Å². The maximum atomic E-state index is 11.6. The normalized spacial score (nSPS) is 10.7. The molecule has 0 aliphatic rings. The molecule has 0 bridgehead atoms. The number of rotatable bonds is 6. The Morgan fingerprint density at radius 1 is 1.53 bits per heavy atom. The second-order valence-corrected chi connectivity index (χ2v) is 3.95. The van der Waals surface area contributed by atoms with Crippen molar-refractivity contribution in [2.75, 3.05) is 25.6 Å². The van der Waals surface area contributed by atoms with Crippen molar-refractivity contribution in [1.82, 2.24) is 5.32 Å². The molecule has 0 spiro atoms. The topological polar surface area (TPSA) is 74.1 Å². The van der Waals surface area contributed by atoms with E-state index in [-0.39, 0.29) is 5.57 Å². The highest BCUT2D eigenvalue weighted by Crippen LogP contribution is 2.20. The predicted octanol–water partition coefficient (Wildman–Crippen LogP) is 1.92. The quantitative estimate of drug-likeness (QED) is 0.474. The maximum Gasteiger partial charge on any atom is 0.263 e. The molecule has 0 aliphatic carbocycles. The molecule has 6 heteroatoms. The standard InChI is InChI=1S/C13H14ClN3O2/c1-19-7-6-16-13(18)10(8-15)9-17-12-5-3-2-4-11(12)14/h2-5,9,17H,6-7H2,1H3,(H,16,18)/b10-9-. The van der Waals surface area contributed by atoms with Crippen LogP contribution >= 0.6 is 11.6 Å². The van der Waals surface area contributed by atoms with Gasteiger partial charge in [-0.15, -0.1) is 0 Å². The van der Waals surface area contributed by atoms with Crippen molar-refractivity contribution >= 4 is 23.2 Å². The second-order valence-electron chi connectivity index (χ2n) is 3.54. The number of hydrogen-bond acceptors (Lipinski definition) is 4. The number of para-hydroxylation sites is 1. The Balaban J connectivity index is 2.65. The van der Waals surface area contributed by atoms with Gasteiger partial charge in [-0.2, -0.15) is 5.26 Å². The Morgan fingerprint density at radius 3 is 2.89 bits per heavy atom. The summed E-state index contributed by atoms with van der Waals surface area (Å²) >= 11 is 5.94. The van der Waals surface area contributed by atoms with Crippen LogP contribution in [0.1, 0.15) is 0 Å². The molecule has 0 radical (unpaired) electrons. The van der Waals surface area contributed by atoms with Gasteiger partial charge in [-0.1, -0.05) is 23.7 Å². The van der Waals surface area contributed by atoms with Crippen LogP contribution in [0.2, 0.25) is 5.02 Å². The zero-order valence-corrected chi connectivity index (χ0v) is 11.2. The number of anilines is 1. The number of nitriles is 1. The van der Waals surface area contributed by atoms with Crippen molar-refractivity contribution in [3.63, 3.8) is 0 Å². The number of methoxy groups -OCH3 is 1. The lowest BCUT2D eigenvalue weighted by Gasteiger charge is -2.05. The van der Waals surface area contributed by atoms with Crippen LogP contribution in [0.4, 0.5) is 5.69 Å². The summed E-state index contributed by atoms with van der Waals surface area (Å²) in [6, 6.07) is 8.87. The predicted molar refractivity (Wildman–Crippen MR) is 73.7 cm³/mol. The van der Waals surface area contributed by atoms with E-state index in [9.17, 15) is 4.79 Å². The molecule has 19 heavy (non-hydrogen) atoms. The van der Waals surface area contributed by atoms with Crippen LogP contribution in [0.5, 0.6) is 0 Å². The molecule has 0 aromatic heterocycles. The van der Waals surface area contributed by atoms with Crippen molar-refractivity contribution in [1.29, 1.82) is 5.26 Å². The SMILES string of the molecule is COCCNC(=O)/C(C#N)=C\Nc1ccccc1Cl. The molecule has 1 amide bonds. The smallest absolute Gasteiger partial charge is 0.263 e. The summed E-state index contributed by atoms with van der Waals surface area (Å²) in [5.41, 5.74) is 0.595. The average Bonchev–Trinajstić information content (AvgIpc) is 2.41. The van der Waals surface area contributed by atoms with Gasteiger partial charge in [-0.25, -0.2) is 0 Å². The van der Waals surface area contributed by atoms with Crippen LogP contribution < -0.4 is 10.6 Å². The summed E-state index contributed by atoms with van der Waals surface area (Å²) in [4.78, 5) is 11.6. The molecule has 0 saturated heterocycles. The van der Waals surface area contributed by atoms with E-state index in [1.807, 2.05) is 6.07 Å². The van der Waals surface area contributed by atoms with Crippen molar-refractivity contribution in [3.8, 4) is 6.07 Å². The fourth-order valence-electron chi connectivity index (χ4n) is 1.24. The van der Waals surface area contributed by atoms with Gasteiger partial charge in [0.05, 0.1) is 17.3 Å². The van der Waals surface area contributed by atoms with Crippen LogP contribution in [-0.2, 0) is 9.53 Å². The minimum Gasteiger partial charge on any atom is -0.383 e. The van der Waals surface area contributed by atoms with Crippen molar-refractivity contribution in [2.24, 2.45) is 0 Å². The van der Waals surface area contributed by atoms with Gasteiger partial charge >= 0.3 is 0 Å². The van der Waals surface area contributed by atoms with Crippen LogP contribution in [0.25, 0.3) is 0 Å². The van der Waals surface area contributed by atoms with Gasteiger partial charge in [0.1, 0.15) is 11.6 Å². The van der Waals surface area contributed by atoms with Gasteiger partial charge in [-0.3, -0.25) is 4.79 Å². The minimum atomic E-state index is -0.459. The molecule has 0 fully saturated rings. The summed E-state index contributed by atoms with van der Waals surface area (Å²) in [5, 5.41) is 14.8. The number of hydrogen-bond donors (Lipinski definition) is 2. The third kappa shape index (κ3) is 5.00. The van der Waals surface area contributed by atoms with Gasteiger partial charge in [0.2, 0.25) is 0 Å². The van der Waals surface area contributed by atoms with E-state index in [4.69, 9.17) is 21.6 Å². The lowest BCUT2D eigenvalue weighted by molar-refractivity contribution is -0.117. The first-order valence-electron chi connectivity index (χ1n) is 5.57. The molecule has 0 aliphatic heterocycles. The van der Waals surface area contributed by atoms with Crippen molar-refractivity contribution in [3.05, 3.63) is 41.1 Å². The molecule has 1 aromatic carbocycles. The Hall–Kier alpha value is -2.03. The Kier molecular flexibility index (Phi) is 6.44. The molecule has 1 aromatic rings. The summed E-state index contributed by atoms with van der Waals surface area (Å²) in [6.07, 6.45) is 1.32. The fraction of sp³-hybridized carbons (Fsp3) is 0.231. The summed E-state index contributed by atoms with van der Waals surface area (Å²) in [5.74, 6) is -0.459. The number of nitrogens with zero attached hydrogens (tertiary/aromatic N) is 1. The van der Waals surface area contributed by atoms with E-state index in [2.05, 4.69) is 10.6 Å². The zero-order valence-electron chi connectivity index (χ0n) is 10.4. The van der Waals surface area contributed by atoms with Gasteiger partial charge in [0.15, 0.2) is 0 Å². The minimum absolute atomic E-state index is 0.0315. The summed E-state index contributed by atoms with van der Waals surface area (Å²) in [7, 11) is 1.53. The molecule has 0 atom stereocenters. The molecular formula is C13H14ClN3O2. The first kappa shape index (κ1) is 15.0. The Morgan fingerprint density at radius 2 is 2.26 bits per heavy atom. The monoisotopic (exact) mass is 279 g/mol. The third-order valence-electron chi connectivity index (χ3n) is 2.20. The van der Waals surface area contributed by atoms with Gasteiger partial charge in [-0.05, 0) is 12.1 Å². The lowest BCUT2D eigenvalue weighted by Crippen LogP contribution is -2.28. The molecular weight excluding hydrogens is 266 g/mol. The average molecular weight is 280 g/mol. The number of benzene rings is 1. The van der Waals surface area contributed by atoms with Crippen LogP contribution in [0.15, 0.2) is 36.0 Å². The van der Waals surface area contributed by atoms with Gasteiger partial charge in [0.25, 0.3) is 5.91 Å². The van der Waals surface area contributed by atoms with Crippen LogP contribution in [0, 0.1) is 11.3 Å². The molecule has 1 rings (SSSR count). The number of ether oxygens (including phenoxy) is 1. The van der Waals surface area contributed by atoms with E-state index in [0.717, 1.165) is 0 Å². The number of nitrogens with one attached hydrogen (secondary N) is 2. The third-order valence-corrected chi connectivity index (χ3v) is 2.53. The molecule has 2 N–H and O–H groups in total. The molecule has 0 unspecified atom stereocenters. The summed E-state index contributed by atoms with van der Waals surface area (Å²) < 4.78 is 4.80. The van der Waals surface area contributed by atoms with E-state index >= 15 is 0 Å².